The number of carbonyl (C=O) groups excluding carboxylic acids is 1. The number of aromatic amines is 1. The molecule has 0 aliphatic carbocycles. The van der Waals surface area contributed by atoms with Gasteiger partial charge in [-0.25, -0.2) is 9.78 Å². The first-order chi connectivity index (χ1) is 14.2. The zero-order valence-corrected chi connectivity index (χ0v) is 15.7. The van der Waals surface area contributed by atoms with Gasteiger partial charge in [-0.3, -0.25) is 0 Å². The van der Waals surface area contributed by atoms with Crippen LogP contribution in [0.2, 0.25) is 0 Å². The largest absolute Gasteiger partial charge is 0.493 e. The van der Waals surface area contributed by atoms with Crippen molar-refractivity contribution in [2.75, 3.05) is 17.2 Å². The summed E-state index contributed by atoms with van der Waals surface area (Å²) in [5.74, 6) is 1.71. The van der Waals surface area contributed by atoms with Gasteiger partial charge in [0.25, 0.3) is 0 Å². The van der Waals surface area contributed by atoms with Gasteiger partial charge in [0.05, 0.1) is 17.6 Å². The van der Waals surface area contributed by atoms with Crippen molar-refractivity contribution in [2.24, 2.45) is 0 Å². The number of rotatable bonds is 3. The Kier molecular flexibility index (Phi) is 4.37. The van der Waals surface area contributed by atoms with E-state index < -0.39 is 0 Å². The fourth-order valence-corrected chi connectivity index (χ4v) is 3.53. The SMILES string of the molecule is O=C(Nc1ccc(-c2nc3ccccc3[nH]2)cc1)Nc1ccc2c(c1)CCCO2. The number of aromatic nitrogens is 2. The molecule has 6 nitrogen and oxygen atoms in total. The van der Waals surface area contributed by atoms with E-state index in [0.29, 0.717) is 5.69 Å². The van der Waals surface area contributed by atoms with Crippen LogP contribution in [0.4, 0.5) is 16.2 Å². The first-order valence-corrected chi connectivity index (χ1v) is 9.63. The van der Waals surface area contributed by atoms with Gasteiger partial charge in [0.2, 0.25) is 0 Å². The maximum Gasteiger partial charge on any atom is 0.323 e. The van der Waals surface area contributed by atoms with Crippen LogP contribution >= 0.6 is 0 Å². The third kappa shape index (κ3) is 3.65. The lowest BCUT2D eigenvalue weighted by Gasteiger charge is -2.18. The summed E-state index contributed by atoms with van der Waals surface area (Å²) in [5, 5.41) is 5.74. The standard InChI is InChI=1S/C23H20N4O2/c28-23(25-18-11-12-21-16(14-18)4-3-13-29-21)24-17-9-7-15(8-10-17)22-26-19-5-1-2-6-20(19)27-22/h1-2,5-12,14H,3-4,13H2,(H,26,27)(H2,24,25,28). The molecule has 0 saturated heterocycles. The van der Waals surface area contributed by atoms with Gasteiger partial charge in [-0.05, 0) is 73.0 Å². The van der Waals surface area contributed by atoms with Crippen LogP contribution in [0, 0.1) is 0 Å². The van der Waals surface area contributed by atoms with Crippen LogP contribution in [0.1, 0.15) is 12.0 Å². The Morgan fingerprint density at radius 2 is 1.76 bits per heavy atom. The molecule has 2 heterocycles. The Bertz CT molecular complexity index is 1150. The van der Waals surface area contributed by atoms with Crippen LogP contribution < -0.4 is 15.4 Å². The van der Waals surface area contributed by atoms with Crippen molar-refractivity contribution in [3.8, 4) is 17.1 Å². The van der Waals surface area contributed by atoms with Gasteiger partial charge in [-0.15, -0.1) is 0 Å². The van der Waals surface area contributed by atoms with Crippen LogP contribution in [-0.4, -0.2) is 22.6 Å². The van der Waals surface area contributed by atoms with Crippen molar-refractivity contribution in [3.63, 3.8) is 0 Å². The van der Waals surface area contributed by atoms with Crippen molar-refractivity contribution in [1.82, 2.24) is 9.97 Å². The molecular weight excluding hydrogens is 364 g/mol. The lowest BCUT2D eigenvalue weighted by Crippen LogP contribution is -2.19. The highest BCUT2D eigenvalue weighted by molar-refractivity contribution is 6.00. The first-order valence-electron chi connectivity index (χ1n) is 9.63. The summed E-state index contributed by atoms with van der Waals surface area (Å²) in [7, 11) is 0. The molecule has 1 aliphatic rings. The molecular formula is C23H20N4O2. The molecule has 0 radical (unpaired) electrons. The van der Waals surface area contributed by atoms with Gasteiger partial charge >= 0.3 is 6.03 Å². The number of H-pyrrole nitrogens is 1. The number of nitrogens with one attached hydrogen (secondary N) is 3. The molecule has 5 rings (SSSR count). The van der Waals surface area contributed by atoms with E-state index in [2.05, 4.69) is 20.6 Å². The number of benzene rings is 3. The third-order valence-corrected chi connectivity index (χ3v) is 4.97. The lowest BCUT2D eigenvalue weighted by atomic mass is 10.1. The molecule has 3 N–H and O–H groups in total. The lowest BCUT2D eigenvalue weighted by molar-refractivity contribution is 0.262. The van der Waals surface area contributed by atoms with Crippen molar-refractivity contribution < 1.29 is 9.53 Å². The molecule has 3 aromatic carbocycles. The second-order valence-electron chi connectivity index (χ2n) is 7.03. The summed E-state index contributed by atoms with van der Waals surface area (Å²) in [6.45, 7) is 0.754. The number of anilines is 2. The Balaban J connectivity index is 1.26. The van der Waals surface area contributed by atoms with Crippen LogP contribution in [-0.2, 0) is 6.42 Å². The van der Waals surface area contributed by atoms with E-state index >= 15 is 0 Å². The first kappa shape index (κ1) is 17.3. The third-order valence-electron chi connectivity index (χ3n) is 4.97. The van der Waals surface area contributed by atoms with E-state index in [1.165, 1.54) is 0 Å². The van der Waals surface area contributed by atoms with Gasteiger partial charge < -0.3 is 20.4 Å². The highest BCUT2D eigenvalue weighted by Crippen LogP contribution is 2.27. The number of amides is 2. The number of nitrogens with zero attached hydrogens (tertiary/aromatic N) is 1. The van der Waals surface area contributed by atoms with Crippen molar-refractivity contribution in [1.29, 1.82) is 0 Å². The maximum atomic E-state index is 12.4. The minimum absolute atomic E-state index is 0.279. The summed E-state index contributed by atoms with van der Waals surface area (Å²) in [6.07, 6.45) is 1.97. The summed E-state index contributed by atoms with van der Waals surface area (Å²) in [6, 6.07) is 21.0. The molecule has 6 heteroatoms. The van der Waals surface area contributed by atoms with Crippen LogP contribution in [0.25, 0.3) is 22.4 Å². The number of hydrogen-bond acceptors (Lipinski definition) is 3. The highest BCUT2D eigenvalue weighted by atomic mass is 16.5. The molecule has 1 aliphatic heterocycles. The normalized spacial score (nSPS) is 12.8. The van der Waals surface area contributed by atoms with Crippen LogP contribution in [0.3, 0.4) is 0 Å². The topological polar surface area (TPSA) is 79.0 Å². The Labute approximate surface area is 167 Å². The average Bonchev–Trinajstić information content (AvgIpc) is 3.18. The van der Waals surface area contributed by atoms with Crippen LogP contribution in [0.5, 0.6) is 5.75 Å². The van der Waals surface area contributed by atoms with Crippen LogP contribution in [0.15, 0.2) is 66.7 Å². The molecule has 2 amide bonds. The Morgan fingerprint density at radius 1 is 0.966 bits per heavy atom. The molecule has 0 spiro atoms. The van der Waals surface area contributed by atoms with Crippen molar-refractivity contribution >= 4 is 28.4 Å². The number of imidazole rings is 1. The van der Waals surface area contributed by atoms with Gasteiger partial charge in [-0.2, -0.15) is 0 Å². The van der Waals surface area contributed by atoms with E-state index in [0.717, 1.165) is 58.9 Å². The number of fused-ring (bicyclic) bond motifs is 2. The number of urea groups is 1. The number of hydrogen-bond donors (Lipinski definition) is 3. The number of aryl methyl sites for hydroxylation is 1. The number of para-hydroxylation sites is 2. The zero-order chi connectivity index (χ0) is 19.6. The van der Waals surface area contributed by atoms with E-state index in [-0.39, 0.29) is 6.03 Å². The fourth-order valence-electron chi connectivity index (χ4n) is 3.53. The van der Waals surface area contributed by atoms with Gasteiger partial charge in [-0.1, -0.05) is 12.1 Å². The van der Waals surface area contributed by atoms with E-state index in [1.807, 2.05) is 66.7 Å². The Morgan fingerprint density at radius 3 is 2.62 bits per heavy atom. The molecule has 0 unspecified atom stereocenters. The average molecular weight is 384 g/mol. The van der Waals surface area contributed by atoms with Gasteiger partial charge in [0.1, 0.15) is 11.6 Å². The highest BCUT2D eigenvalue weighted by Gasteiger charge is 2.12. The molecule has 0 fully saturated rings. The molecule has 4 aromatic rings. The second-order valence-corrected chi connectivity index (χ2v) is 7.03. The predicted octanol–water partition coefficient (Wildman–Crippen LogP) is 5.20. The smallest absolute Gasteiger partial charge is 0.323 e. The summed E-state index contributed by atoms with van der Waals surface area (Å²) >= 11 is 0. The monoisotopic (exact) mass is 384 g/mol. The minimum atomic E-state index is -0.279. The van der Waals surface area contributed by atoms with E-state index in [1.54, 1.807) is 0 Å². The quantitative estimate of drug-likeness (QED) is 0.454. The molecule has 0 atom stereocenters. The molecule has 0 saturated carbocycles. The second kappa shape index (κ2) is 7.31. The van der Waals surface area contributed by atoms with Crippen molar-refractivity contribution in [3.05, 3.63) is 72.3 Å². The number of carbonyl (C=O) groups is 1. The molecule has 1 aromatic heterocycles. The predicted molar refractivity (Wildman–Crippen MR) is 114 cm³/mol. The zero-order valence-electron chi connectivity index (χ0n) is 15.7. The summed E-state index contributed by atoms with van der Waals surface area (Å²) in [5.41, 5.74) is 5.49. The fraction of sp³-hybridized carbons (Fsp3) is 0.130. The van der Waals surface area contributed by atoms with E-state index in [4.69, 9.17) is 4.74 Å². The Hall–Kier alpha value is -3.80. The van der Waals surface area contributed by atoms with Gasteiger partial charge in [0.15, 0.2) is 0 Å². The van der Waals surface area contributed by atoms with Crippen molar-refractivity contribution in [2.45, 2.75) is 12.8 Å². The summed E-state index contributed by atoms with van der Waals surface area (Å²) < 4.78 is 5.61. The molecule has 0 bridgehead atoms. The van der Waals surface area contributed by atoms with Gasteiger partial charge in [0, 0.05) is 16.9 Å². The van der Waals surface area contributed by atoms with E-state index in [9.17, 15) is 4.79 Å². The minimum Gasteiger partial charge on any atom is -0.493 e. The maximum absolute atomic E-state index is 12.4. The molecule has 144 valence electrons. The number of ether oxygens (including phenoxy) is 1. The summed E-state index contributed by atoms with van der Waals surface area (Å²) in [4.78, 5) is 20.3. The molecule has 29 heavy (non-hydrogen) atoms.